The maximum absolute atomic E-state index is 11.8. The molecule has 17 heavy (non-hydrogen) atoms. The summed E-state index contributed by atoms with van der Waals surface area (Å²) < 4.78 is 27.8. The lowest BCUT2D eigenvalue weighted by atomic mass is 10.4. The molecule has 92 valence electrons. The number of imidazole rings is 1. The van der Waals surface area contributed by atoms with Crippen LogP contribution in [-0.2, 0) is 23.1 Å². The third kappa shape index (κ3) is 2.71. The van der Waals surface area contributed by atoms with Crippen molar-refractivity contribution in [3.63, 3.8) is 0 Å². The number of rotatable bonds is 5. The highest BCUT2D eigenvalue weighted by Crippen LogP contribution is 2.06. The molecule has 2 N–H and O–H groups in total. The van der Waals surface area contributed by atoms with Crippen molar-refractivity contribution < 1.29 is 8.42 Å². The molecular weight excluding hydrogens is 242 g/mol. The van der Waals surface area contributed by atoms with E-state index >= 15 is 0 Å². The minimum absolute atomic E-state index is 0.0304. The molecule has 0 aliphatic carbocycles. The Hall–Kier alpha value is -1.67. The summed E-state index contributed by atoms with van der Waals surface area (Å²) in [5, 5.41) is 6.38. The molecule has 2 rings (SSSR count). The molecule has 0 unspecified atom stereocenters. The molecule has 0 aliphatic rings. The zero-order valence-corrected chi connectivity index (χ0v) is 10.1. The van der Waals surface area contributed by atoms with Crippen LogP contribution in [0.3, 0.4) is 0 Å². The highest BCUT2D eigenvalue weighted by Gasteiger charge is 2.16. The van der Waals surface area contributed by atoms with Crippen molar-refractivity contribution in [1.82, 2.24) is 24.5 Å². The van der Waals surface area contributed by atoms with Crippen LogP contribution in [0.1, 0.15) is 12.5 Å². The average Bonchev–Trinajstić information content (AvgIpc) is 2.98. The summed E-state index contributed by atoms with van der Waals surface area (Å²) in [6.07, 6.45) is 6.18. The molecule has 0 bridgehead atoms. The van der Waals surface area contributed by atoms with Crippen molar-refractivity contribution >= 4 is 10.0 Å². The van der Waals surface area contributed by atoms with Gasteiger partial charge in [-0.05, 0) is 6.92 Å². The largest absolute Gasteiger partial charge is 0.336 e. The van der Waals surface area contributed by atoms with Gasteiger partial charge in [-0.3, -0.25) is 5.10 Å². The quantitative estimate of drug-likeness (QED) is 0.792. The molecule has 0 spiro atoms. The van der Waals surface area contributed by atoms with Crippen molar-refractivity contribution in [3.8, 4) is 0 Å². The van der Waals surface area contributed by atoms with Crippen LogP contribution >= 0.6 is 0 Å². The van der Waals surface area contributed by atoms with Crippen molar-refractivity contribution in [2.24, 2.45) is 0 Å². The second-order valence-electron chi connectivity index (χ2n) is 3.47. The summed E-state index contributed by atoms with van der Waals surface area (Å²) in [5.74, 6) is 0. The van der Waals surface area contributed by atoms with Gasteiger partial charge in [0.25, 0.3) is 10.0 Å². The molecule has 0 atom stereocenters. The van der Waals surface area contributed by atoms with E-state index in [2.05, 4.69) is 19.9 Å². The van der Waals surface area contributed by atoms with E-state index in [1.807, 2.05) is 6.92 Å². The first-order valence-corrected chi connectivity index (χ1v) is 6.59. The Bertz CT molecular complexity index is 572. The number of nitrogens with one attached hydrogen (secondary N) is 2. The van der Waals surface area contributed by atoms with Crippen LogP contribution in [0, 0.1) is 0 Å². The summed E-state index contributed by atoms with van der Waals surface area (Å²) >= 11 is 0. The van der Waals surface area contributed by atoms with Gasteiger partial charge >= 0.3 is 0 Å². The normalized spacial score (nSPS) is 11.8. The van der Waals surface area contributed by atoms with E-state index in [1.165, 1.54) is 12.5 Å². The minimum Gasteiger partial charge on any atom is -0.336 e. The van der Waals surface area contributed by atoms with Crippen molar-refractivity contribution in [2.75, 3.05) is 0 Å². The Morgan fingerprint density at radius 1 is 1.53 bits per heavy atom. The fraction of sp³-hybridized carbons (Fsp3) is 0.333. The zero-order chi connectivity index (χ0) is 12.3. The highest BCUT2D eigenvalue weighted by molar-refractivity contribution is 7.89. The summed E-state index contributed by atoms with van der Waals surface area (Å²) in [4.78, 5) is 3.85. The fourth-order valence-electron chi connectivity index (χ4n) is 1.28. The number of hydrogen-bond acceptors (Lipinski definition) is 4. The van der Waals surface area contributed by atoms with E-state index < -0.39 is 10.0 Å². The summed E-state index contributed by atoms with van der Waals surface area (Å²) in [5.41, 5.74) is 0.767. The average molecular weight is 255 g/mol. The van der Waals surface area contributed by atoms with Gasteiger partial charge in [0, 0.05) is 31.0 Å². The van der Waals surface area contributed by atoms with E-state index in [4.69, 9.17) is 0 Å². The lowest BCUT2D eigenvalue weighted by Gasteiger charge is -2.01. The van der Waals surface area contributed by atoms with Crippen LogP contribution in [0.25, 0.3) is 0 Å². The Balaban J connectivity index is 2.08. The van der Waals surface area contributed by atoms with Gasteiger partial charge in [0.2, 0.25) is 0 Å². The molecule has 7 nitrogen and oxygen atoms in total. The Labute approximate surface area is 98.9 Å². The van der Waals surface area contributed by atoms with E-state index in [9.17, 15) is 8.42 Å². The molecule has 2 heterocycles. The predicted molar refractivity (Wildman–Crippen MR) is 60.5 cm³/mol. The summed E-state index contributed by atoms with van der Waals surface area (Å²) in [6.45, 7) is 2.79. The van der Waals surface area contributed by atoms with Crippen LogP contribution in [0.5, 0.6) is 0 Å². The standard InChI is InChI=1S/C9H13N5O2S/c1-2-14-6-9(10-7-14)17(15,16)13-5-8-3-11-12-4-8/h3-4,6-7,13H,2,5H2,1H3,(H,11,12). The summed E-state index contributed by atoms with van der Waals surface area (Å²) in [6, 6.07) is 0. The topological polar surface area (TPSA) is 92.7 Å². The van der Waals surface area contributed by atoms with Gasteiger partial charge in [-0.2, -0.15) is 5.10 Å². The van der Waals surface area contributed by atoms with E-state index in [0.717, 1.165) is 5.56 Å². The molecule has 8 heteroatoms. The van der Waals surface area contributed by atoms with Crippen LogP contribution in [0.15, 0.2) is 29.9 Å². The molecule has 0 aromatic carbocycles. The minimum atomic E-state index is -3.55. The molecular formula is C9H13N5O2S. The molecule has 0 amide bonds. The Kier molecular flexibility index (Phi) is 3.25. The number of hydrogen-bond donors (Lipinski definition) is 2. The number of aromatic amines is 1. The molecule has 0 radical (unpaired) electrons. The SMILES string of the molecule is CCn1cnc(S(=O)(=O)NCc2cn[nH]c2)c1. The monoisotopic (exact) mass is 255 g/mol. The van der Waals surface area contributed by atoms with E-state index in [1.54, 1.807) is 17.0 Å². The van der Waals surface area contributed by atoms with Crippen molar-refractivity contribution in [2.45, 2.75) is 25.0 Å². The van der Waals surface area contributed by atoms with Gasteiger partial charge in [0.1, 0.15) is 0 Å². The lowest BCUT2D eigenvalue weighted by Crippen LogP contribution is -2.23. The Morgan fingerprint density at radius 3 is 2.94 bits per heavy atom. The molecule has 0 fully saturated rings. The van der Waals surface area contributed by atoms with Gasteiger partial charge < -0.3 is 4.57 Å². The predicted octanol–water partition coefficient (Wildman–Crippen LogP) is 0.105. The van der Waals surface area contributed by atoms with Gasteiger partial charge in [-0.15, -0.1) is 0 Å². The third-order valence-corrected chi connectivity index (χ3v) is 3.56. The van der Waals surface area contributed by atoms with Crippen LogP contribution < -0.4 is 4.72 Å². The van der Waals surface area contributed by atoms with Gasteiger partial charge in [0.05, 0.1) is 12.5 Å². The molecule has 2 aromatic rings. The first-order valence-electron chi connectivity index (χ1n) is 5.11. The Morgan fingerprint density at radius 2 is 2.35 bits per heavy atom. The fourth-order valence-corrected chi connectivity index (χ4v) is 2.24. The molecule has 0 saturated heterocycles. The van der Waals surface area contributed by atoms with Crippen LogP contribution in [0.2, 0.25) is 0 Å². The third-order valence-electron chi connectivity index (χ3n) is 2.27. The number of aromatic nitrogens is 4. The first kappa shape index (κ1) is 11.8. The van der Waals surface area contributed by atoms with E-state index in [0.29, 0.717) is 6.54 Å². The van der Waals surface area contributed by atoms with Gasteiger partial charge in [-0.25, -0.2) is 18.1 Å². The highest BCUT2D eigenvalue weighted by atomic mass is 32.2. The maximum Gasteiger partial charge on any atom is 0.259 e. The molecule has 0 aliphatic heterocycles. The second kappa shape index (κ2) is 4.68. The number of aryl methyl sites for hydroxylation is 1. The molecule has 2 aromatic heterocycles. The second-order valence-corrected chi connectivity index (χ2v) is 5.19. The van der Waals surface area contributed by atoms with Gasteiger partial charge in [0.15, 0.2) is 5.03 Å². The first-order chi connectivity index (χ1) is 8.12. The van der Waals surface area contributed by atoms with Crippen molar-refractivity contribution in [3.05, 3.63) is 30.5 Å². The van der Waals surface area contributed by atoms with Crippen molar-refractivity contribution in [1.29, 1.82) is 0 Å². The van der Waals surface area contributed by atoms with Gasteiger partial charge in [-0.1, -0.05) is 0 Å². The van der Waals surface area contributed by atoms with Crippen LogP contribution in [0.4, 0.5) is 0 Å². The number of nitrogens with zero attached hydrogens (tertiary/aromatic N) is 3. The molecule has 0 saturated carbocycles. The van der Waals surface area contributed by atoms with E-state index in [-0.39, 0.29) is 11.6 Å². The zero-order valence-electron chi connectivity index (χ0n) is 9.29. The maximum atomic E-state index is 11.8. The number of H-pyrrole nitrogens is 1. The number of sulfonamides is 1. The van der Waals surface area contributed by atoms with Crippen LogP contribution in [-0.4, -0.2) is 28.2 Å². The lowest BCUT2D eigenvalue weighted by molar-refractivity contribution is 0.578. The smallest absolute Gasteiger partial charge is 0.259 e. The summed E-state index contributed by atoms with van der Waals surface area (Å²) in [7, 11) is -3.55.